The number of nitrogen functional groups attached to an aromatic ring is 1. The lowest BCUT2D eigenvalue weighted by molar-refractivity contribution is -0.145. The van der Waals surface area contributed by atoms with Gasteiger partial charge in [-0.25, -0.2) is 9.59 Å². The predicted octanol–water partition coefficient (Wildman–Crippen LogP) is 1.39. The van der Waals surface area contributed by atoms with Crippen molar-refractivity contribution in [2.24, 2.45) is 0 Å². The van der Waals surface area contributed by atoms with Crippen LogP contribution in [0.5, 0.6) is 0 Å². The van der Waals surface area contributed by atoms with Gasteiger partial charge >= 0.3 is 11.9 Å². The van der Waals surface area contributed by atoms with Crippen LogP contribution in [0.3, 0.4) is 0 Å². The Kier molecular flexibility index (Phi) is 3.19. The zero-order valence-electron chi connectivity index (χ0n) is 8.81. The number of anilines is 1. The van der Waals surface area contributed by atoms with E-state index in [2.05, 4.69) is 4.74 Å². The molecule has 1 aromatic rings. The summed E-state index contributed by atoms with van der Waals surface area (Å²) < 4.78 is 9.67. The first kappa shape index (κ1) is 11.7. The number of carbonyl (C=O) groups is 2. The smallest absolute Gasteiger partial charge is 0.347 e. The zero-order chi connectivity index (χ0) is 12.4. The van der Waals surface area contributed by atoms with E-state index >= 15 is 0 Å². The first-order valence-electron chi connectivity index (χ1n) is 5.00. The van der Waals surface area contributed by atoms with Crippen molar-refractivity contribution < 1.29 is 19.1 Å². The first-order valence-corrected chi connectivity index (χ1v) is 5.38. The normalized spacial score (nSPS) is 18.9. The summed E-state index contributed by atoms with van der Waals surface area (Å²) in [4.78, 5) is 22.9. The molecule has 1 unspecified atom stereocenters. The second-order valence-electron chi connectivity index (χ2n) is 3.59. The average Bonchev–Trinajstić information content (AvgIpc) is 2.64. The molecule has 0 spiro atoms. The Bertz CT molecular complexity index is 475. The van der Waals surface area contributed by atoms with Crippen molar-refractivity contribution in [1.82, 2.24) is 0 Å². The number of halogens is 1. The molecule has 0 aliphatic carbocycles. The van der Waals surface area contributed by atoms with E-state index in [1.165, 1.54) is 18.2 Å². The quantitative estimate of drug-likeness (QED) is 0.638. The van der Waals surface area contributed by atoms with Crippen molar-refractivity contribution in [2.75, 3.05) is 12.3 Å². The van der Waals surface area contributed by atoms with Gasteiger partial charge in [0, 0.05) is 12.1 Å². The number of benzene rings is 1. The largest absolute Gasteiger partial charge is 0.463 e. The van der Waals surface area contributed by atoms with E-state index in [4.69, 9.17) is 22.1 Å². The van der Waals surface area contributed by atoms with Crippen LogP contribution in [0.25, 0.3) is 0 Å². The van der Waals surface area contributed by atoms with E-state index in [9.17, 15) is 9.59 Å². The Hall–Kier alpha value is -1.75. The van der Waals surface area contributed by atoms with Crippen LogP contribution in [0, 0.1) is 0 Å². The van der Waals surface area contributed by atoms with Crippen LogP contribution < -0.4 is 5.73 Å². The highest BCUT2D eigenvalue weighted by atomic mass is 35.5. The second kappa shape index (κ2) is 4.63. The summed E-state index contributed by atoms with van der Waals surface area (Å²) in [5.74, 6) is -1.18. The zero-order valence-corrected chi connectivity index (χ0v) is 9.57. The minimum Gasteiger partial charge on any atom is -0.463 e. The molecule has 2 N–H and O–H groups in total. The molecule has 0 amide bonds. The number of ether oxygens (including phenoxy) is 2. The Morgan fingerprint density at radius 1 is 1.53 bits per heavy atom. The van der Waals surface area contributed by atoms with Crippen molar-refractivity contribution in [3.05, 3.63) is 28.8 Å². The maximum absolute atomic E-state index is 11.7. The third-order valence-electron chi connectivity index (χ3n) is 2.35. The SMILES string of the molecule is Nc1ccc(C(=O)OC2CCOC2=O)c(Cl)c1. The molecule has 1 saturated heterocycles. The molecule has 1 heterocycles. The molecule has 5 nitrogen and oxygen atoms in total. The number of cyclic esters (lactones) is 1. The third kappa shape index (κ3) is 2.50. The van der Waals surface area contributed by atoms with Crippen molar-refractivity contribution in [3.63, 3.8) is 0 Å². The number of carbonyl (C=O) groups excluding carboxylic acids is 2. The second-order valence-corrected chi connectivity index (χ2v) is 4.00. The van der Waals surface area contributed by atoms with Gasteiger partial charge in [-0.3, -0.25) is 0 Å². The summed E-state index contributed by atoms with van der Waals surface area (Å²) in [5.41, 5.74) is 6.13. The standard InChI is InChI=1S/C11H10ClNO4/c12-8-5-6(13)1-2-7(8)10(14)17-9-3-4-16-11(9)15/h1-2,5,9H,3-4,13H2. The fraction of sp³-hybridized carbons (Fsp3) is 0.273. The first-order chi connectivity index (χ1) is 8.08. The Morgan fingerprint density at radius 2 is 2.29 bits per heavy atom. The highest BCUT2D eigenvalue weighted by Gasteiger charge is 2.30. The molecule has 6 heteroatoms. The molecule has 1 aliphatic rings. The van der Waals surface area contributed by atoms with Crippen LogP contribution in [0.1, 0.15) is 16.8 Å². The Balaban J connectivity index is 2.11. The number of hydrogen-bond donors (Lipinski definition) is 1. The van der Waals surface area contributed by atoms with Crippen LogP contribution in [0.2, 0.25) is 5.02 Å². The number of nitrogens with two attached hydrogens (primary N) is 1. The van der Waals surface area contributed by atoms with Crippen LogP contribution in [0.4, 0.5) is 5.69 Å². The van der Waals surface area contributed by atoms with E-state index in [-0.39, 0.29) is 17.2 Å². The van der Waals surface area contributed by atoms with E-state index in [0.29, 0.717) is 12.1 Å². The molecule has 0 radical (unpaired) electrons. The third-order valence-corrected chi connectivity index (χ3v) is 2.66. The summed E-state index contributed by atoms with van der Waals surface area (Å²) in [6, 6.07) is 4.45. The van der Waals surface area contributed by atoms with Gasteiger partial charge < -0.3 is 15.2 Å². The maximum atomic E-state index is 11.7. The predicted molar refractivity (Wildman–Crippen MR) is 60.6 cm³/mol. The maximum Gasteiger partial charge on any atom is 0.347 e. The minimum absolute atomic E-state index is 0.181. The van der Waals surface area contributed by atoms with Crippen molar-refractivity contribution in [2.45, 2.75) is 12.5 Å². The van der Waals surface area contributed by atoms with Gasteiger partial charge in [0.2, 0.25) is 6.10 Å². The highest BCUT2D eigenvalue weighted by molar-refractivity contribution is 6.33. The summed E-state index contributed by atoms with van der Waals surface area (Å²) in [7, 11) is 0. The molecule has 1 aliphatic heterocycles. The van der Waals surface area contributed by atoms with E-state index in [1.54, 1.807) is 0 Å². The van der Waals surface area contributed by atoms with Gasteiger partial charge in [-0.05, 0) is 18.2 Å². The van der Waals surface area contributed by atoms with Gasteiger partial charge in [0.1, 0.15) is 0 Å². The lowest BCUT2D eigenvalue weighted by Crippen LogP contribution is -2.22. The molecule has 1 atom stereocenters. The van der Waals surface area contributed by atoms with Gasteiger partial charge in [-0.2, -0.15) is 0 Å². The molecule has 0 saturated carbocycles. The molecule has 0 aromatic heterocycles. The minimum atomic E-state index is -0.837. The van der Waals surface area contributed by atoms with E-state index in [0.717, 1.165) is 0 Å². The van der Waals surface area contributed by atoms with Crippen LogP contribution >= 0.6 is 11.6 Å². The van der Waals surface area contributed by atoms with Crippen molar-refractivity contribution in [1.29, 1.82) is 0 Å². The average molecular weight is 256 g/mol. The van der Waals surface area contributed by atoms with Crippen LogP contribution in [-0.4, -0.2) is 24.6 Å². The van der Waals surface area contributed by atoms with Gasteiger partial charge in [-0.15, -0.1) is 0 Å². The molecule has 1 aromatic carbocycles. The fourth-order valence-corrected chi connectivity index (χ4v) is 1.74. The summed E-state index contributed by atoms with van der Waals surface area (Å²) >= 11 is 5.85. The number of hydrogen-bond acceptors (Lipinski definition) is 5. The van der Waals surface area contributed by atoms with Gasteiger partial charge in [0.05, 0.1) is 17.2 Å². The Morgan fingerprint density at radius 3 is 2.88 bits per heavy atom. The molecular formula is C11H10ClNO4. The summed E-state index contributed by atoms with van der Waals surface area (Å²) in [5, 5.41) is 0.196. The fourth-order valence-electron chi connectivity index (χ4n) is 1.47. The lowest BCUT2D eigenvalue weighted by Gasteiger charge is -2.09. The van der Waals surface area contributed by atoms with E-state index < -0.39 is 18.0 Å². The Labute approximate surface area is 102 Å². The molecular weight excluding hydrogens is 246 g/mol. The topological polar surface area (TPSA) is 78.6 Å². The molecule has 17 heavy (non-hydrogen) atoms. The molecule has 0 bridgehead atoms. The van der Waals surface area contributed by atoms with E-state index in [1.807, 2.05) is 0 Å². The molecule has 1 fully saturated rings. The van der Waals surface area contributed by atoms with Gasteiger partial charge in [0.15, 0.2) is 0 Å². The monoisotopic (exact) mass is 255 g/mol. The van der Waals surface area contributed by atoms with Crippen LogP contribution in [-0.2, 0) is 14.3 Å². The highest BCUT2D eigenvalue weighted by Crippen LogP contribution is 2.21. The number of rotatable bonds is 2. The molecule has 90 valence electrons. The van der Waals surface area contributed by atoms with Crippen molar-refractivity contribution in [3.8, 4) is 0 Å². The number of esters is 2. The molecule has 2 rings (SSSR count). The summed E-state index contributed by atoms with van der Waals surface area (Å²) in [6.45, 7) is 0.270. The van der Waals surface area contributed by atoms with Crippen LogP contribution in [0.15, 0.2) is 18.2 Å². The summed E-state index contributed by atoms with van der Waals surface area (Å²) in [6.07, 6.45) is -0.465. The van der Waals surface area contributed by atoms with Gasteiger partial charge in [0.25, 0.3) is 0 Å². The lowest BCUT2D eigenvalue weighted by atomic mass is 10.2. The van der Waals surface area contributed by atoms with Crippen molar-refractivity contribution >= 4 is 29.2 Å². The van der Waals surface area contributed by atoms with Gasteiger partial charge in [-0.1, -0.05) is 11.6 Å².